The van der Waals surface area contributed by atoms with Crippen LogP contribution in [0.5, 0.6) is 5.75 Å². The molecule has 1 aliphatic heterocycles. The number of halogens is 1. The van der Waals surface area contributed by atoms with E-state index in [4.69, 9.17) is 11.6 Å². The molecule has 0 bridgehead atoms. The van der Waals surface area contributed by atoms with Crippen LogP contribution in [0, 0.1) is 0 Å². The molecule has 0 fully saturated rings. The molecule has 0 atom stereocenters. The van der Waals surface area contributed by atoms with E-state index in [1.54, 1.807) is 29.2 Å². The summed E-state index contributed by atoms with van der Waals surface area (Å²) in [5.74, 6) is 0.131. The van der Waals surface area contributed by atoms with Gasteiger partial charge in [-0.1, -0.05) is 11.6 Å². The zero-order valence-electron chi connectivity index (χ0n) is 9.43. The summed E-state index contributed by atoms with van der Waals surface area (Å²) in [6.45, 7) is 0.476. The van der Waals surface area contributed by atoms with Crippen LogP contribution >= 0.6 is 11.6 Å². The number of hydrogen-bond acceptors (Lipinski definition) is 2. The molecule has 4 heteroatoms. The van der Waals surface area contributed by atoms with Crippen LogP contribution in [-0.2, 0) is 6.54 Å². The molecule has 0 aromatic heterocycles. The number of aromatic hydroxyl groups is 1. The monoisotopic (exact) mass is 259 g/mol. The molecule has 18 heavy (non-hydrogen) atoms. The number of anilines is 1. The van der Waals surface area contributed by atoms with Gasteiger partial charge in [-0.05, 0) is 48.0 Å². The number of benzene rings is 2. The van der Waals surface area contributed by atoms with Crippen LogP contribution in [0.1, 0.15) is 15.9 Å². The Hall–Kier alpha value is -2.00. The first kappa shape index (κ1) is 11.1. The third kappa shape index (κ3) is 1.73. The Labute approximate surface area is 109 Å². The number of fused-ring (bicyclic) bond motifs is 1. The van der Waals surface area contributed by atoms with Gasteiger partial charge >= 0.3 is 0 Å². The first-order valence-corrected chi connectivity index (χ1v) is 5.92. The number of hydrogen-bond donors (Lipinski definition) is 1. The second-order valence-corrected chi connectivity index (χ2v) is 4.65. The van der Waals surface area contributed by atoms with Crippen LogP contribution in [0.3, 0.4) is 0 Å². The summed E-state index contributed by atoms with van der Waals surface area (Å²) in [7, 11) is 0. The van der Waals surface area contributed by atoms with Crippen molar-refractivity contribution < 1.29 is 9.90 Å². The summed E-state index contributed by atoms with van der Waals surface area (Å²) in [6.07, 6.45) is 0. The molecule has 0 saturated carbocycles. The molecule has 0 radical (unpaired) electrons. The summed E-state index contributed by atoms with van der Waals surface area (Å²) in [5.41, 5.74) is 2.29. The first-order chi connectivity index (χ1) is 8.65. The summed E-state index contributed by atoms with van der Waals surface area (Å²) >= 11 is 5.83. The van der Waals surface area contributed by atoms with E-state index in [9.17, 15) is 9.90 Å². The van der Waals surface area contributed by atoms with E-state index in [2.05, 4.69) is 0 Å². The molecule has 1 aliphatic rings. The quantitative estimate of drug-likeness (QED) is 0.854. The normalized spacial score (nSPS) is 13.8. The van der Waals surface area contributed by atoms with E-state index < -0.39 is 0 Å². The zero-order valence-corrected chi connectivity index (χ0v) is 10.2. The van der Waals surface area contributed by atoms with Gasteiger partial charge in [0.25, 0.3) is 5.91 Å². The highest BCUT2D eigenvalue weighted by Gasteiger charge is 2.28. The van der Waals surface area contributed by atoms with Gasteiger partial charge in [0.1, 0.15) is 5.75 Å². The van der Waals surface area contributed by atoms with E-state index in [1.807, 2.05) is 12.1 Å². The van der Waals surface area contributed by atoms with Gasteiger partial charge in [0.15, 0.2) is 0 Å². The van der Waals surface area contributed by atoms with Crippen LogP contribution in [0.15, 0.2) is 42.5 Å². The average Bonchev–Trinajstić information content (AvgIpc) is 2.67. The van der Waals surface area contributed by atoms with Crippen molar-refractivity contribution in [1.82, 2.24) is 0 Å². The van der Waals surface area contributed by atoms with Crippen LogP contribution in [-0.4, -0.2) is 11.0 Å². The minimum Gasteiger partial charge on any atom is -0.508 e. The van der Waals surface area contributed by atoms with E-state index in [0.29, 0.717) is 17.1 Å². The molecule has 90 valence electrons. The maximum Gasteiger partial charge on any atom is 0.258 e. The van der Waals surface area contributed by atoms with Crippen molar-refractivity contribution >= 4 is 23.2 Å². The lowest BCUT2D eigenvalue weighted by atomic mass is 10.1. The summed E-state index contributed by atoms with van der Waals surface area (Å²) in [5, 5.41) is 10.1. The minimum absolute atomic E-state index is 0.0488. The maximum atomic E-state index is 12.2. The Kier molecular flexibility index (Phi) is 2.49. The van der Waals surface area contributed by atoms with Crippen LogP contribution in [0.2, 0.25) is 5.02 Å². The van der Waals surface area contributed by atoms with Crippen molar-refractivity contribution in [3.63, 3.8) is 0 Å². The van der Waals surface area contributed by atoms with E-state index in [1.165, 1.54) is 6.07 Å². The number of carbonyl (C=O) groups excluding carboxylic acids is 1. The Balaban J connectivity index is 1.99. The molecule has 0 saturated heterocycles. The van der Waals surface area contributed by atoms with Gasteiger partial charge in [0, 0.05) is 16.3 Å². The van der Waals surface area contributed by atoms with Gasteiger partial charge < -0.3 is 10.0 Å². The predicted octanol–water partition coefficient (Wildman–Crippen LogP) is 3.21. The van der Waals surface area contributed by atoms with Gasteiger partial charge in [-0.15, -0.1) is 0 Å². The molecule has 0 unspecified atom stereocenters. The molecule has 2 aromatic rings. The highest BCUT2D eigenvalue weighted by Crippen LogP contribution is 2.30. The highest BCUT2D eigenvalue weighted by atomic mass is 35.5. The molecular formula is C14H10ClNO2. The number of phenols is 1. The fourth-order valence-corrected chi connectivity index (χ4v) is 2.26. The molecule has 2 aromatic carbocycles. The van der Waals surface area contributed by atoms with Crippen LogP contribution in [0.4, 0.5) is 5.69 Å². The lowest BCUT2D eigenvalue weighted by Crippen LogP contribution is -2.22. The lowest BCUT2D eigenvalue weighted by Gasteiger charge is -2.15. The van der Waals surface area contributed by atoms with Crippen molar-refractivity contribution in [3.8, 4) is 5.75 Å². The van der Waals surface area contributed by atoms with E-state index in [-0.39, 0.29) is 11.7 Å². The van der Waals surface area contributed by atoms with Gasteiger partial charge in [-0.2, -0.15) is 0 Å². The van der Waals surface area contributed by atoms with Crippen LogP contribution < -0.4 is 4.90 Å². The first-order valence-electron chi connectivity index (χ1n) is 5.54. The van der Waals surface area contributed by atoms with Crippen molar-refractivity contribution in [2.75, 3.05) is 4.90 Å². The van der Waals surface area contributed by atoms with E-state index >= 15 is 0 Å². The fourth-order valence-electron chi connectivity index (χ4n) is 2.14. The number of rotatable bonds is 1. The van der Waals surface area contributed by atoms with Crippen molar-refractivity contribution in [2.24, 2.45) is 0 Å². The number of amides is 1. The summed E-state index contributed by atoms with van der Waals surface area (Å²) in [6, 6.07) is 11.9. The molecule has 0 aliphatic carbocycles. The fraction of sp³-hybridized carbons (Fsp3) is 0.0714. The smallest absolute Gasteiger partial charge is 0.258 e. The average molecular weight is 260 g/mol. The van der Waals surface area contributed by atoms with E-state index in [0.717, 1.165) is 11.3 Å². The highest BCUT2D eigenvalue weighted by molar-refractivity contribution is 6.30. The second-order valence-electron chi connectivity index (χ2n) is 4.21. The number of phenolic OH excluding ortho intramolecular Hbond substituents is 1. The number of carbonyl (C=O) groups is 1. The SMILES string of the molecule is O=C1c2ccc(O)cc2CN1c1ccc(Cl)cc1. The Morgan fingerprint density at radius 3 is 2.56 bits per heavy atom. The molecule has 1 heterocycles. The largest absolute Gasteiger partial charge is 0.508 e. The summed E-state index contributed by atoms with van der Waals surface area (Å²) < 4.78 is 0. The van der Waals surface area contributed by atoms with Gasteiger partial charge in [0.2, 0.25) is 0 Å². The second kappa shape index (κ2) is 4.03. The molecular weight excluding hydrogens is 250 g/mol. The lowest BCUT2D eigenvalue weighted by molar-refractivity contribution is 0.0996. The Bertz CT molecular complexity index is 622. The van der Waals surface area contributed by atoms with Crippen molar-refractivity contribution in [3.05, 3.63) is 58.6 Å². The predicted molar refractivity (Wildman–Crippen MR) is 70.1 cm³/mol. The van der Waals surface area contributed by atoms with Crippen molar-refractivity contribution in [1.29, 1.82) is 0 Å². The molecule has 0 spiro atoms. The summed E-state index contributed by atoms with van der Waals surface area (Å²) in [4.78, 5) is 13.9. The third-order valence-electron chi connectivity index (χ3n) is 3.03. The minimum atomic E-state index is -0.0488. The zero-order chi connectivity index (χ0) is 12.7. The molecule has 3 nitrogen and oxygen atoms in total. The number of nitrogens with zero attached hydrogens (tertiary/aromatic N) is 1. The van der Waals surface area contributed by atoms with Gasteiger partial charge in [-0.25, -0.2) is 0 Å². The molecule has 3 rings (SSSR count). The molecule has 1 N–H and O–H groups in total. The third-order valence-corrected chi connectivity index (χ3v) is 3.28. The Morgan fingerprint density at radius 1 is 1.11 bits per heavy atom. The maximum absolute atomic E-state index is 12.2. The topological polar surface area (TPSA) is 40.5 Å². The Morgan fingerprint density at radius 2 is 1.83 bits per heavy atom. The standard InChI is InChI=1S/C14H10ClNO2/c15-10-1-3-11(4-2-10)16-8-9-7-12(17)5-6-13(9)14(16)18/h1-7,17H,8H2. The molecule has 1 amide bonds. The van der Waals surface area contributed by atoms with Crippen LogP contribution in [0.25, 0.3) is 0 Å². The van der Waals surface area contributed by atoms with Gasteiger partial charge in [-0.3, -0.25) is 4.79 Å². The van der Waals surface area contributed by atoms with Gasteiger partial charge in [0.05, 0.1) is 6.54 Å². The van der Waals surface area contributed by atoms with Crippen molar-refractivity contribution in [2.45, 2.75) is 6.54 Å².